The van der Waals surface area contributed by atoms with Crippen molar-refractivity contribution in [2.24, 2.45) is 0 Å². The fraction of sp³-hybridized carbons (Fsp3) is 0.938. The van der Waals surface area contributed by atoms with Crippen LogP contribution in [0.25, 0.3) is 0 Å². The zero-order chi connectivity index (χ0) is 15.2. The van der Waals surface area contributed by atoms with Crippen molar-refractivity contribution in [3.05, 3.63) is 0 Å². The lowest BCUT2D eigenvalue weighted by Gasteiger charge is -2.38. The number of nitrogens with one attached hydrogen (secondary N) is 1. The summed E-state index contributed by atoms with van der Waals surface area (Å²) in [7, 11) is 0. The smallest absolute Gasteiger partial charge is 0.104 e. The summed E-state index contributed by atoms with van der Waals surface area (Å²) in [5.74, 6) is 0. The van der Waals surface area contributed by atoms with Gasteiger partial charge in [0, 0.05) is 19.1 Å². The van der Waals surface area contributed by atoms with E-state index in [9.17, 15) is 5.26 Å². The number of rotatable bonds is 7. The van der Waals surface area contributed by atoms with Gasteiger partial charge in [0.1, 0.15) is 5.54 Å². The van der Waals surface area contributed by atoms with Crippen molar-refractivity contribution in [2.75, 3.05) is 26.2 Å². The SMILES string of the molecule is CC(C)NC(C)(C#N)CCCCN1CCOC(C)(C)C1. The Kier molecular flexibility index (Phi) is 6.44. The number of ether oxygens (including phenoxy) is 1. The van der Waals surface area contributed by atoms with Crippen molar-refractivity contribution in [3.63, 3.8) is 0 Å². The zero-order valence-electron chi connectivity index (χ0n) is 13.8. The van der Waals surface area contributed by atoms with Gasteiger partial charge in [-0.3, -0.25) is 10.2 Å². The third-order valence-corrected chi connectivity index (χ3v) is 3.76. The summed E-state index contributed by atoms with van der Waals surface area (Å²) in [6, 6.07) is 2.76. The van der Waals surface area contributed by atoms with Crippen molar-refractivity contribution in [3.8, 4) is 6.07 Å². The molecule has 1 fully saturated rings. The lowest BCUT2D eigenvalue weighted by atomic mass is 9.95. The van der Waals surface area contributed by atoms with Crippen LogP contribution in [0.5, 0.6) is 0 Å². The second-order valence-corrected chi connectivity index (χ2v) is 7.08. The van der Waals surface area contributed by atoms with Crippen LogP contribution >= 0.6 is 0 Å². The molecule has 1 rings (SSSR count). The Hall–Kier alpha value is -0.630. The molecule has 1 unspecified atom stereocenters. The van der Waals surface area contributed by atoms with Gasteiger partial charge in [0.05, 0.1) is 18.3 Å². The van der Waals surface area contributed by atoms with E-state index < -0.39 is 5.54 Å². The molecule has 1 N–H and O–H groups in total. The molecule has 0 spiro atoms. The quantitative estimate of drug-likeness (QED) is 0.729. The molecule has 0 aromatic carbocycles. The standard InChI is InChI=1S/C16H31N3O/c1-14(2)18-16(5,12-17)8-6-7-9-19-10-11-20-15(3,4)13-19/h14,18H,6-11,13H2,1-5H3. The minimum Gasteiger partial charge on any atom is -0.373 e. The van der Waals surface area contributed by atoms with Crippen LogP contribution in [0.2, 0.25) is 0 Å². The molecule has 1 heterocycles. The molecule has 1 aliphatic rings. The summed E-state index contributed by atoms with van der Waals surface area (Å²) < 4.78 is 5.72. The first-order chi connectivity index (χ1) is 9.26. The molecule has 0 aromatic rings. The molecule has 4 heteroatoms. The Morgan fingerprint density at radius 2 is 2.10 bits per heavy atom. The highest BCUT2D eigenvalue weighted by molar-refractivity contribution is 5.04. The minimum absolute atomic E-state index is 0.0153. The average Bonchev–Trinajstić information content (AvgIpc) is 2.33. The Balaban J connectivity index is 2.26. The van der Waals surface area contributed by atoms with Crippen LogP contribution < -0.4 is 5.32 Å². The van der Waals surface area contributed by atoms with Crippen molar-refractivity contribution in [2.45, 2.75) is 71.1 Å². The molecule has 0 bridgehead atoms. The Morgan fingerprint density at radius 1 is 1.40 bits per heavy atom. The van der Waals surface area contributed by atoms with Gasteiger partial charge < -0.3 is 4.74 Å². The highest BCUT2D eigenvalue weighted by atomic mass is 16.5. The number of unbranched alkanes of at least 4 members (excludes halogenated alkanes) is 1. The Labute approximate surface area is 124 Å². The number of hydrogen-bond donors (Lipinski definition) is 1. The van der Waals surface area contributed by atoms with E-state index in [1.54, 1.807) is 0 Å². The Morgan fingerprint density at radius 3 is 2.65 bits per heavy atom. The summed E-state index contributed by atoms with van der Waals surface area (Å²) in [5, 5.41) is 12.7. The maximum absolute atomic E-state index is 9.31. The average molecular weight is 281 g/mol. The first-order valence-corrected chi connectivity index (χ1v) is 7.82. The highest BCUT2D eigenvalue weighted by Crippen LogP contribution is 2.18. The summed E-state index contributed by atoms with van der Waals surface area (Å²) in [6.45, 7) is 14.5. The van der Waals surface area contributed by atoms with E-state index in [0.29, 0.717) is 6.04 Å². The van der Waals surface area contributed by atoms with E-state index in [0.717, 1.165) is 45.5 Å². The van der Waals surface area contributed by atoms with Crippen LogP contribution in [-0.4, -0.2) is 48.3 Å². The normalized spacial score (nSPS) is 22.4. The summed E-state index contributed by atoms with van der Waals surface area (Å²) in [4.78, 5) is 2.48. The van der Waals surface area contributed by atoms with E-state index in [2.05, 4.69) is 44.0 Å². The first kappa shape index (κ1) is 17.4. The monoisotopic (exact) mass is 281 g/mol. The predicted octanol–water partition coefficient (Wildman–Crippen LogP) is 2.55. The van der Waals surface area contributed by atoms with E-state index in [-0.39, 0.29) is 5.60 Å². The van der Waals surface area contributed by atoms with Crippen molar-refractivity contribution in [1.82, 2.24) is 10.2 Å². The molecule has 0 radical (unpaired) electrons. The van der Waals surface area contributed by atoms with Gasteiger partial charge in [-0.15, -0.1) is 0 Å². The van der Waals surface area contributed by atoms with E-state index in [1.165, 1.54) is 0 Å². The van der Waals surface area contributed by atoms with E-state index in [1.807, 2.05) is 6.92 Å². The third-order valence-electron chi connectivity index (χ3n) is 3.76. The van der Waals surface area contributed by atoms with Crippen LogP contribution in [0.15, 0.2) is 0 Å². The van der Waals surface area contributed by atoms with Crippen LogP contribution in [0.4, 0.5) is 0 Å². The van der Waals surface area contributed by atoms with Gasteiger partial charge in [0.25, 0.3) is 0 Å². The lowest BCUT2D eigenvalue weighted by Crippen LogP contribution is -2.48. The van der Waals surface area contributed by atoms with Gasteiger partial charge in [-0.25, -0.2) is 0 Å². The molecule has 1 atom stereocenters. The van der Waals surface area contributed by atoms with Crippen LogP contribution in [-0.2, 0) is 4.74 Å². The number of nitriles is 1. The van der Waals surface area contributed by atoms with Gasteiger partial charge in [-0.2, -0.15) is 5.26 Å². The van der Waals surface area contributed by atoms with Crippen molar-refractivity contribution < 1.29 is 4.74 Å². The minimum atomic E-state index is -0.390. The van der Waals surface area contributed by atoms with Crippen LogP contribution in [0, 0.1) is 11.3 Å². The molecule has 0 aliphatic carbocycles. The molecule has 1 aliphatic heterocycles. The van der Waals surface area contributed by atoms with Gasteiger partial charge in [0.15, 0.2) is 0 Å². The molecule has 0 amide bonds. The number of morpholine rings is 1. The third kappa shape index (κ3) is 6.21. The molecule has 20 heavy (non-hydrogen) atoms. The number of nitrogens with zero attached hydrogens (tertiary/aromatic N) is 2. The van der Waals surface area contributed by atoms with Crippen LogP contribution in [0.3, 0.4) is 0 Å². The topological polar surface area (TPSA) is 48.3 Å². The molecule has 0 aromatic heterocycles. The first-order valence-electron chi connectivity index (χ1n) is 7.82. The van der Waals surface area contributed by atoms with Crippen molar-refractivity contribution in [1.29, 1.82) is 5.26 Å². The van der Waals surface area contributed by atoms with Crippen molar-refractivity contribution >= 4 is 0 Å². The molecule has 116 valence electrons. The highest BCUT2D eigenvalue weighted by Gasteiger charge is 2.27. The maximum Gasteiger partial charge on any atom is 0.104 e. The largest absolute Gasteiger partial charge is 0.373 e. The van der Waals surface area contributed by atoms with Gasteiger partial charge in [-0.05, 0) is 60.4 Å². The fourth-order valence-electron chi connectivity index (χ4n) is 2.92. The fourth-order valence-corrected chi connectivity index (χ4v) is 2.92. The predicted molar refractivity (Wildman–Crippen MR) is 82.6 cm³/mol. The maximum atomic E-state index is 9.31. The Bertz CT molecular complexity index is 335. The summed E-state index contributed by atoms with van der Waals surface area (Å²) in [6.07, 6.45) is 3.14. The molecule has 4 nitrogen and oxygen atoms in total. The van der Waals surface area contributed by atoms with Gasteiger partial charge >= 0.3 is 0 Å². The van der Waals surface area contributed by atoms with Crippen LogP contribution in [0.1, 0.15) is 53.9 Å². The molecule has 1 saturated heterocycles. The summed E-state index contributed by atoms with van der Waals surface area (Å²) >= 11 is 0. The second kappa shape index (κ2) is 7.40. The molecule has 0 saturated carbocycles. The molecular weight excluding hydrogens is 250 g/mol. The van der Waals surface area contributed by atoms with E-state index >= 15 is 0 Å². The van der Waals surface area contributed by atoms with Gasteiger partial charge in [-0.1, -0.05) is 0 Å². The number of hydrogen-bond acceptors (Lipinski definition) is 4. The summed E-state index contributed by atoms with van der Waals surface area (Å²) in [5.41, 5.74) is -0.406. The molecular formula is C16H31N3O. The zero-order valence-corrected chi connectivity index (χ0v) is 13.8. The lowest BCUT2D eigenvalue weighted by molar-refractivity contribution is -0.0861. The van der Waals surface area contributed by atoms with E-state index in [4.69, 9.17) is 4.74 Å². The second-order valence-electron chi connectivity index (χ2n) is 7.08. The van der Waals surface area contributed by atoms with Gasteiger partial charge in [0.2, 0.25) is 0 Å².